The Labute approximate surface area is 176 Å². The first kappa shape index (κ1) is 27.1. The second-order valence-electron chi connectivity index (χ2n) is 6.35. The molecule has 0 bridgehead atoms. The molecule has 0 radical (unpaired) electrons. The zero-order valence-electron chi connectivity index (χ0n) is 16.5. The molecule has 0 spiro atoms. The van der Waals surface area contributed by atoms with Crippen LogP contribution in [0, 0.1) is 0 Å². The molecule has 9 N–H and O–H groups in total. The van der Waals surface area contributed by atoms with Crippen molar-refractivity contribution in [1.82, 2.24) is 16.0 Å². The Morgan fingerprint density at radius 1 is 0.900 bits per heavy atom. The number of amides is 4. The zero-order chi connectivity index (χ0) is 23.4. The Bertz CT molecular complexity index is 674. The minimum Gasteiger partial charge on any atom is -0.481 e. The van der Waals surface area contributed by atoms with Gasteiger partial charge in [0.2, 0.25) is 23.6 Å². The molecule has 0 rings (SSSR count). The van der Waals surface area contributed by atoms with Crippen molar-refractivity contribution in [2.75, 3.05) is 12.0 Å². The van der Waals surface area contributed by atoms with Crippen LogP contribution < -0.4 is 27.4 Å². The Morgan fingerprint density at radius 3 is 1.93 bits per heavy atom. The van der Waals surface area contributed by atoms with E-state index < -0.39 is 72.6 Å². The maximum Gasteiger partial charge on any atom is 0.326 e. The number of nitrogens with one attached hydrogen (secondary N) is 3. The number of rotatable bonds is 14. The standard InChI is InChI=1S/C16H27N5O8S/c1-7(13(25)20-9(16(28)29)3-4-30-2)19-15(27)10(6-12(23)24)21-14(26)8(17)5-11(18)22/h7-10H,3-6,17H2,1-2H3,(H2,18,22)(H,19,27)(H,20,25)(H,21,26)(H,23,24)(H,28,29). The summed E-state index contributed by atoms with van der Waals surface area (Å²) in [5.41, 5.74) is 10.4. The number of aliphatic carboxylic acids is 2. The molecule has 0 aliphatic heterocycles. The lowest BCUT2D eigenvalue weighted by Crippen LogP contribution is -2.57. The Balaban J connectivity index is 5.05. The molecule has 0 aromatic heterocycles. The van der Waals surface area contributed by atoms with Crippen LogP contribution in [0.1, 0.15) is 26.2 Å². The van der Waals surface area contributed by atoms with Crippen LogP contribution in [0.3, 0.4) is 0 Å². The maximum atomic E-state index is 12.3. The molecule has 30 heavy (non-hydrogen) atoms. The molecule has 0 fully saturated rings. The molecule has 0 saturated heterocycles. The van der Waals surface area contributed by atoms with Gasteiger partial charge in [-0.3, -0.25) is 24.0 Å². The van der Waals surface area contributed by atoms with Gasteiger partial charge >= 0.3 is 11.9 Å². The highest BCUT2D eigenvalue weighted by molar-refractivity contribution is 7.98. The lowest BCUT2D eigenvalue weighted by atomic mass is 10.1. The fraction of sp³-hybridized carbons (Fsp3) is 0.625. The number of carboxylic acid groups (broad SMARTS) is 2. The summed E-state index contributed by atoms with van der Waals surface area (Å²) in [6, 6.07) is -5.36. The van der Waals surface area contributed by atoms with E-state index in [2.05, 4.69) is 16.0 Å². The highest BCUT2D eigenvalue weighted by atomic mass is 32.2. The molecule has 0 aromatic carbocycles. The highest BCUT2D eigenvalue weighted by Crippen LogP contribution is 2.02. The largest absolute Gasteiger partial charge is 0.481 e. The Morgan fingerprint density at radius 2 is 1.47 bits per heavy atom. The van der Waals surface area contributed by atoms with Gasteiger partial charge in [-0.25, -0.2) is 4.79 Å². The predicted octanol–water partition coefficient (Wildman–Crippen LogP) is -3.02. The molecule has 4 amide bonds. The van der Waals surface area contributed by atoms with Gasteiger partial charge in [-0.2, -0.15) is 11.8 Å². The first-order chi connectivity index (χ1) is 13.9. The van der Waals surface area contributed by atoms with E-state index in [0.29, 0.717) is 5.75 Å². The van der Waals surface area contributed by atoms with Crippen LogP contribution in [0.2, 0.25) is 0 Å². The van der Waals surface area contributed by atoms with Gasteiger partial charge in [0.1, 0.15) is 18.1 Å². The van der Waals surface area contributed by atoms with Crippen LogP contribution in [0.15, 0.2) is 0 Å². The second kappa shape index (κ2) is 13.4. The van der Waals surface area contributed by atoms with Gasteiger partial charge in [-0.15, -0.1) is 0 Å². The molecule has 0 aliphatic carbocycles. The van der Waals surface area contributed by atoms with Crippen molar-refractivity contribution >= 4 is 47.3 Å². The fourth-order valence-electron chi connectivity index (χ4n) is 2.14. The van der Waals surface area contributed by atoms with E-state index in [0.717, 1.165) is 0 Å². The van der Waals surface area contributed by atoms with Crippen molar-refractivity contribution in [2.45, 2.75) is 50.4 Å². The molecule has 14 heteroatoms. The molecule has 0 heterocycles. The van der Waals surface area contributed by atoms with Crippen molar-refractivity contribution in [2.24, 2.45) is 11.5 Å². The van der Waals surface area contributed by atoms with Gasteiger partial charge in [-0.1, -0.05) is 0 Å². The first-order valence-electron chi connectivity index (χ1n) is 8.77. The average molecular weight is 449 g/mol. The maximum absolute atomic E-state index is 12.3. The van der Waals surface area contributed by atoms with E-state index in [1.807, 2.05) is 0 Å². The van der Waals surface area contributed by atoms with Crippen molar-refractivity contribution in [1.29, 1.82) is 0 Å². The van der Waals surface area contributed by atoms with E-state index in [9.17, 15) is 28.8 Å². The number of carbonyl (C=O) groups excluding carboxylic acids is 4. The van der Waals surface area contributed by atoms with Crippen LogP contribution >= 0.6 is 11.8 Å². The molecule has 4 unspecified atom stereocenters. The SMILES string of the molecule is CSCCC(NC(=O)C(C)NC(=O)C(CC(=O)O)NC(=O)C(N)CC(N)=O)C(=O)O. The smallest absolute Gasteiger partial charge is 0.326 e. The van der Waals surface area contributed by atoms with E-state index in [1.165, 1.54) is 18.7 Å². The van der Waals surface area contributed by atoms with Gasteiger partial charge in [-0.05, 0) is 25.4 Å². The molecule has 0 saturated carbocycles. The van der Waals surface area contributed by atoms with Gasteiger partial charge < -0.3 is 37.6 Å². The summed E-state index contributed by atoms with van der Waals surface area (Å²) in [6.45, 7) is 1.26. The van der Waals surface area contributed by atoms with Gasteiger partial charge in [0, 0.05) is 0 Å². The van der Waals surface area contributed by atoms with Crippen molar-refractivity contribution in [3.8, 4) is 0 Å². The summed E-state index contributed by atoms with van der Waals surface area (Å²) in [5.74, 6) is -5.82. The molecular formula is C16H27N5O8S. The molecular weight excluding hydrogens is 422 g/mol. The number of carbonyl (C=O) groups is 6. The third kappa shape index (κ3) is 10.6. The normalized spacial score (nSPS) is 14.5. The number of primary amides is 1. The fourth-order valence-corrected chi connectivity index (χ4v) is 2.61. The van der Waals surface area contributed by atoms with Crippen LogP contribution in [-0.4, -0.2) is 82.0 Å². The lowest BCUT2D eigenvalue weighted by molar-refractivity contribution is -0.143. The third-order valence-electron chi connectivity index (χ3n) is 3.75. The van der Waals surface area contributed by atoms with E-state index >= 15 is 0 Å². The minimum absolute atomic E-state index is 0.165. The van der Waals surface area contributed by atoms with E-state index in [4.69, 9.17) is 21.7 Å². The average Bonchev–Trinajstić information content (AvgIpc) is 2.62. The molecule has 0 aromatic rings. The van der Waals surface area contributed by atoms with Crippen LogP contribution in [0.4, 0.5) is 0 Å². The van der Waals surface area contributed by atoms with Crippen LogP contribution in [0.5, 0.6) is 0 Å². The molecule has 170 valence electrons. The van der Waals surface area contributed by atoms with Crippen molar-refractivity contribution in [3.05, 3.63) is 0 Å². The Hall–Kier alpha value is -2.87. The van der Waals surface area contributed by atoms with Gasteiger partial charge in [0.05, 0.1) is 18.9 Å². The Kier molecular flexibility index (Phi) is 12.1. The number of nitrogens with two attached hydrogens (primary N) is 2. The second-order valence-corrected chi connectivity index (χ2v) is 7.33. The summed E-state index contributed by atoms with van der Waals surface area (Å²) in [5, 5.41) is 24.7. The summed E-state index contributed by atoms with van der Waals surface area (Å²) < 4.78 is 0. The van der Waals surface area contributed by atoms with Crippen LogP contribution in [-0.2, 0) is 28.8 Å². The first-order valence-corrected chi connectivity index (χ1v) is 10.2. The summed E-state index contributed by atoms with van der Waals surface area (Å²) in [4.78, 5) is 69.5. The third-order valence-corrected chi connectivity index (χ3v) is 4.39. The minimum atomic E-state index is -1.59. The number of hydrogen-bond acceptors (Lipinski definition) is 8. The molecule has 0 aliphatic rings. The van der Waals surface area contributed by atoms with E-state index in [-0.39, 0.29) is 6.42 Å². The summed E-state index contributed by atoms with van der Waals surface area (Å²) in [6.07, 6.45) is 0.605. The number of hydrogen-bond donors (Lipinski definition) is 7. The van der Waals surface area contributed by atoms with Crippen LogP contribution in [0.25, 0.3) is 0 Å². The number of carboxylic acids is 2. The topological polar surface area (TPSA) is 231 Å². The monoisotopic (exact) mass is 449 g/mol. The number of thioether (sulfide) groups is 1. The lowest BCUT2D eigenvalue weighted by Gasteiger charge is -2.22. The highest BCUT2D eigenvalue weighted by Gasteiger charge is 2.29. The van der Waals surface area contributed by atoms with Crippen molar-refractivity contribution < 1.29 is 39.0 Å². The summed E-state index contributed by atoms with van der Waals surface area (Å²) >= 11 is 1.40. The molecule has 4 atom stereocenters. The summed E-state index contributed by atoms with van der Waals surface area (Å²) in [7, 11) is 0. The van der Waals surface area contributed by atoms with Crippen molar-refractivity contribution in [3.63, 3.8) is 0 Å². The molecule has 13 nitrogen and oxygen atoms in total. The quantitative estimate of drug-likeness (QED) is 0.142. The zero-order valence-corrected chi connectivity index (χ0v) is 17.4. The van der Waals surface area contributed by atoms with Gasteiger partial charge in [0.25, 0.3) is 0 Å². The predicted molar refractivity (Wildman–Crippen MR) is 106 cm³/mol. The van der Waals surface area contributed by atoms with Gasteiger partial charge in [0.15, 0.2) is 0 Å². The van der Waals surface area contributed by atoms with E-state index in [1.54, 1.807) is 6.26 Å².